The van der Waals surface area contributed by atoms with Crippen LogP contribution in [0.2, 0.25) is 0 Å². The maximum atomic E-state index is 14.1. The number of halogens is 1. The van der Waals surface area contributed by atoms with E-state index in [0.29, 0.717) is 5.56 Å². The van der Waals surface area contributed by atoms with Crippen molar-refractivity contribution in [2.24, 2.45) is 0 Å². The first-order valence-electron chi connectivity index (χ1n) is 8.88. The van der Waals surface area contributed by atoms with Gasteiger partial charge in [-0.25, -0.2) is 17.6 Å². The molecule has 2 atom stereocenters. The standard InChI is InChI=1S/C20H21FN2O3S/c1-13-7-8-14(2)17(9-13)23-19-12-27(25,26)11-18(19)22(20(23)24)10-15-5-3-4-6-16(15)21/h3-9,18-19H,10-12H2,1-2H3/t18-,19-/m1/s1. The molecule has 4 rings (SSSR count). The van der Waals surface area contributed by atoms with Crippen LogP contribution in [-0.4, -0.2) is 42.9 Å². The molecule has 2 fully saturated rings. The van der Waals surface area contributed by atoms with Gasteiger partial charge < -0.3 is 4.90 Å². The van der Waals surface area contributed by atoms with Gasteiger partial charge in [-0.3, -0.25) is 4.90 Å². The van der Waals surface area contributed by atoms with Gasteiger partial charge in [0.2, 0.25) is 0 Å². The summed E-state index contributed by atoms with van der Waals surface area (Å²) in [5.41, 5.74) is 3.01. The van der Waals surface area contributed by atoms with Crippen LogP contribution in [0.25, 0.3) is 0 Å². The molecule has 2 amide bonds. The fourth-order valence-electron chi connectivity index (χ4n) is 4.03. The van der Waals surface area contributed by atoms with Crippen molar-refractivity contribution >= 4 is 21.6 Å². The van der Waals surface area contributed by atoms with Crippen LogP contribution in [0.5, 0.6) is 0 Å². The fourth-order valence-corrected chi connectivity index (χ4v) is 5.98. The number of hydrogen-bond acceptors (Lipinski definition) is 3. The van der Waals surface area contributed by atoms with E-state index in [9.17, 15) is 17.6 Å². The Kier molecular flexibility index (Phi) is 4.22. The summed E-state index contributed by atoms with van der Waals surface area (Å²) in [6, 6.07) is 10.9. The van der Waals surface area contributed by atoms with E-state index >= 15 is 0 Å². The average Bonchev–Trinajstić information content (AvgIpc) is 3.03. The maximum Gasteiger partial charge on any atom is 0.325 e. The van der Waals surface area contributed by atoms with Crippen LogP contribution in [0, 0.1) is 19.7 Å². The number of anilines is 1. The monoisotopic (exact) mass is 388 g/mol. The van der Waals surface area contributed by atoms with Crippen LogP contribution in [0.4, 0.5) is 14.9 Å². The van der Waals surface area contributed by atoms with Gasteiger partial charge in [0.05, 0.1) is 30.1 Å². The highest BCUT2D eigenvalue weighted by Gasteiger charge is 2.54. The Bertz CT molecular complexity index is 1020. The predicted molar refractivity (Wildman–Crippen MR) is 102 cm³/mol. The van der Waals surface area contributed by atoms with Crippen LogP contribution < -0.4 is 4.90 Å². The summed E-state index contributed by atoms with van der Waals surface area (Å²) in [6.07, 6.45) is 0. The summed E-state index contributed by atoms with van der Waals surface area (Å²) in [5.74, 6) is -0.544. The van der Waals surface area contributed by atoms with E-state index in [1.165, 1.54) is 11.0 Å². The van der Waals surface area contributed by atoms with Gasteiger partial charge in [0.25, 0.3) is 0 Å². The van der Waals surface area contributed by atoms with E-state index in [4.69, 9.17) is 0 Å². The highest BCUT2D eigenvalue weighted by molar-refractivity contribution is 7.91. The maximum absolute atomic E-state index is 14.1. The second kappa shape index (κ2) is 6.34. The average molecular weight is 388 g/mol. The van der Waals surface area contributed by atoms with Crippen molar-refractivity contribution in [2.75, 3.05) is 16.4 Å². The number of hydrogen-bond donors (Lipinski definition) is 0. The molecule has 0 bridgehead atoms. The van der Waals surface area contributed by atoms with Crippen LogP contribution in [0.15, 0.2) is 42.5 Å². The van der Waals surface area contributed by atoms with Crippen LogP contribution in [0.3, 0.4) is 0 Å². The first-order valence-corrected chi connectivity index (χ1v) is 10.7. The van der Waals surface area contributed by atoms with E-state index in [0.717, 1.165) is 16.8 Å². The number of fused-ring (bicyclic) bond motifs is 1. The highest BCUT2D eigenvalue weighted by atomic mass is 32.2. The molecule has 0 spiro atoms. The number of aryl methyl sites for hydroxylation is 2. The summed E-state index contributed by atoms with van der Waals surface area (Å²) in [7, 11) is -3.26. The second-order valence-electron chi connectivity index (χ2n) is 7.37. The quantitative estimate of drug-likeness (QED) is 0.760. The lowest BCUT2D eigenvalue weighted by molar-refractivity contribution is 0.205. The van der Waals surface area contributed by atoms with E-state index in [1.807, 2.05) is 32.0 Å². The first kappa shape index (κ1) is 18.0. The Labute approximate surface area is 158 Å². The lowest BCUT2D eigenvalue weighted by Gasteiger charge is -2.24. The zero-order valence-corrected chi connectivity index (χ0v) is 16.0. The Morgan fingerprint density at radius 2 is 1.78 bits per heavy atom. The van der Waals surface area contributed by atoms with Gasteiger partial charge in [0, 0.05) is 11.3 Å². The summed E-state index contributed by atoms with van der Waals surface area (Å²) >= 11 is 0. The summed E-state index contributed by atoms with van der Waals surface area (Å²) < 4.78 is 38.7. The van der Waals surface area contributed by atoms with Gasteiger partial charge >= 0.3 is 6.03 Å². The lowest BCUT2D eigenvalue weighted by atomic mass is 10.1. The predicted octanol–water partition coefficient (Wildman–Crippen LogP) is 3.05. The number of sulfone groups is 1. The van der Waals surface area contributed by atoms with Gasteiger partial charge in [-0.2, -0.15) is 0 Å². The number of urea groups is 1. The number of carbonyl (C=O) groups is 1. The van der Waals surface area contributed by atoms with Gasteiger partial charge in [-0.1, -0.05) is 30.3 Å². The highest BCUT2D eigenvalue weighted by Crippen LogP contribution is 2.37. The smallest absolute Gasteiger partial charge is 0.314 e. The van der Waals surface area contributed by atoms with Crippen molar-refractivity contribution in [3.63, 3.8) is 0 Å². The van der Waals surface area contributed by atoms with Gasteiger partial charge in [-0.05, 0) is 37.1 Å². The first-order chi connectivity index (χ1) is 12.8. The summed E-state index contributed by atoms with van der Waals surface area (Å²) in [5, 5.41) is 0. The van der Waals surface area contributed by atoms with E-state index in [-0.39, 0.29) is 24.1 Å². The number of nitrogens with zero attached hydrogens (tertiary/aromatic N) is 2. The minimum atomic E-state index is -3.26. The molecular formula is C20H21FN2O3S. The molecule has 2 aromatic rings. The zero-order chi connectivity index (χ0) is 19.3. The number of rotatable bonds is 3. The Hall–Kier alpha value is -2.41. The Balaban J connectivity index is 1.76. The van der Waals surface area contributed by atoms with Crippen molar-refractivity contribution in [2.45, 2.75) is 32.5 Å². The van der Waals surface area contributed by atoms with Gasteiger partial charge in [0.15, 0.2) is 9.84 Å². The second-order valence-corrected chi connectivity index (χ2v) is 9.53. The molecule has 7 heteroatoms. The molecule has 0 aliphatic carbocycles. The zero-order valence-electron chi connectivity index (χ0n) is 15.2. The largest absolute Gasteiger partial charge is 0.325 e. The Morgan fingerprint density at radius 3 is 2.52 bits per heavy atom. The molecule has 0 aromatic heterocycles. The molecule has 0 N–H and O–H groups in total. The van der Waals surface area contributed by atoms with Crippen molar-refractivity contribution in [1.29, 1.82) is 0 Å². The van der Waals surface area contributed by atoms with Crippen LogP contribution >= 0.6 is 0 Å². The molecule has 2 heterocycles. The molecule has 2 aromatic carbocycles. The molecule has 2 saturated heterocycles. The molecule has 0 saturated carbocycles. The fraction of sp³-hybridized carbons (Fsp3) is 0.350. The molecule has 0 radical (unpaired) electrons. The number of benzene rings is 2. The van der Waals surface area contributed by atoms with Crippen molar-refractivity contribution in [3.05, 3.63) is 65.0 Å². The molecule has 0 unspecified atom stereocenters. The van der Waals surface area contributed by atoms with E-state index in [1.54, 1.807) is 23.1 Å². The lowest BCUT2D eigenvalue weighted by Crippen LogP contribution is -2.38. The van der Waals surface area contributed by atoms with Crippen LogP contribution in [0.1, 0.15) is 16.7 Å². The topological polar surface area (TPSA) is 57.7 Å². The van der Waals surface area contributed by atoms with Crippen molar-refractivity contribution in [3.8, 4) is 0 Å². The number of amides is 2. The SMILES string of the molecule is Cc1ccc(C)c(N2C(=O)N(Cc3ccccc3F)[C@@H]3CS(=O)(=O)C[C@H]32)c1. The van der Waals surface area contributed by atoms with Crippen molar-refractivity contribution < 1.29 is 17.6 Å². The van der Waals surface area contributed by atoms with E-state index in [2.05, 4.69) is 0 Å². The van der Waals surface area contributed by atoms with Crippen LogP contribution in [-0.2, 0) is 16.4 Å². The minimum Gasteiger partial charge on any atom is -0.314 e. The minimum absolute atomic E-state index is 0.0591. The Morgan fingerprint density at radius 1 is 1.07 bits per heavy atom. The molecular weight excluding hydrogens is 367 g/mol. The van der Waals surface area contributed by atoms with Gasteiger partial charge in [0.1, 0.15) is 5.82 Å². The molecule has 5 nitrogen and oxygen atoms in total. The molecule has 2 aliphatic rings. The summed E-state index contributed by atoms with van der Waals surface area (Å²) in [4.78, 5) is 16.3. The molecule has 2 aliphatic heterocycles. The normalized spacial score (nSPS) is 23.7. The van der Waals surface area contributed by atoms with Gasteiger partial charge in [-0.15, -0.1) is 0 Å². The molecule has 142 valence electrons. The molecule has 27 heavy (non-hydrogen) atoms. The third kappa shape index (κ3) is 3.10. The third-order valence-electron chi connectivity index (χ3n) is 5.40. The van der Waals surface area contributed by atoms with E-state index < -0.39 is 27.7 Å². The summed E-state index contributed by atoms with van der Waals surface area (Å²) in [6.45, 7) is 3.90. The third-order valence-corrected chi connectivity index (χ3v) is 7.10. The van der Waals surface area contributed by atoms with Crippen molar-refractivity contribution in [1.82, 2.24) is 4.90 Å². The number of carbonyl (C=O) groups excluding carboxylic acids is 1.